The first-order valence-corrected chi connectivity index (χ1v) is 7.47. The van der Waals surface area contributed by atoms with Crippen molar-refractivity contribution in [3.8, 4) is 0 Å². The number of piperazine rings is 1. The van der Waals surface area contributed by atoms with Crippen LogP contribution in [0.15, 0.2) is 22.7 Å². The second-order valence-electron chi connectivity index (χ2n) is 4.45. The standard InChI is InChI=1S/C13H15BrClFN2O/c14-10-1-2-11(12(16)9-10)13(19)18-7-5-17(4-3-15)6-8-18/h1-2,9H,3-8H2. The van der Waals surface area contributed by atoms with Gasteiger partial charge in [0.15, 0.2) is 0 Å². The fraction of sp³-hybridized carbons (Fsp3) is 0.462. The molecule has 6 heteroatoms. The third-order valence-electron chi connectivity index (χ3n) is 3.22. The molecule has 0 atom stereocenters. The summed E-state index contributed by atoms with van der Waals surface area (Å²) in [4.78, 5) is 16.1. The lowest BCUT2D eigenvalue weighted by Gasteiger charge is -2.34. The predicted molar refractivity (Wildman–Crippen MR) is 77.2 cm³/mol. The normalized spacial score (nSPS) is 16.7. The van der Waals surface area contributed by atoms with Gasteiger partial charge in [-0.1, -0.05) is 15.9 Å². The Balaban J connectivity index is 2.01. The highest BCUT2D eigenvalue weighted by Crippen LogP contribution is 2.17. The van der Waals surface area contributed by atoms with Gasteiger partial charge in [-0.2, -0.15) is 0 Å². The lowest BCUT2D eigenvalue weighted by Crippen LogP contribution is -2.49. The summed E-state index contributed by atoms with van der Waals surface area (Å²) in [5.41, 5.74) is 0.133. The Bertz CT molecular complexity index is 464. The SMILES string of the molecule is O=C(c1ccc(Br)cc1F)N1CCN(CCCl)CC1. The maximum Gasteiger partial charge on any atom is 0.256 e. The fourth-order valence-corrected chi connectivity index (χ4v) is 2.70. The maximum atomic E-state index is 13.7. The van der Waals surface area contributed by atoms with E-state index in [2.05, 4.69) is 20.8 Å². The number of nitrogens with zero attached hydrogens (tertiary/aromatic N) is 2. The Morgan fingerprint density at radius 2 is 2.00 bits per heavy atom. The zero-order valence-corrected chi connectivity index (χ0v) is 12.8. The Morgan fingerprint density at radius 3 is 2.58 bits per heavy atom. The van der Waals surface area contributed by atoms with E-state index in [9.17, 15) is 9.18 Å². The first-order chi connectivity index (χ1) is 9.11. The highest BCUT2D eigenvalue weighted by molar-refractivity contribution is 9.10. The Labute approximate surface area is 125 Å². The Morgan fingerprint density at radius 1 is 1.32 bits per heavy atom. The van der Waals surface area contributed by atoms with Gasteiger partial charge in [-0.25, -0.2) is 4.39 Å². The molecule has 0 saturated carbocycles. The van der Waals surface area contributed by atoms with Crippen LogP contribution in [0, 0.1) is 5.82 Å². The third kappa shape index (κ3) is 3.68. The molecule has 104 valence electrons. The maximum absolute atomic E-state index is 13.7. The van der Waals surface area contributed by atoms with Gasteiger partial charge in [0.1, 0.15) is 5.82 Å². The number of hydrogen-bond donors (Lipinski definition) is 0. The van der Waals surface area contributed by atoms with E-state index in [0.717, 1.165) is 19.6 Å². The van der Waals surface area contributed by atoms with E-state index >= 15 is 0 Å². The summed E-state index contributed by atoms with van der Waals surface area (Å²) in [6.07, 6.45) is 0. The van der Waals surface area contributed by atoms with Gasteiger partial charge in [0.2, 0.25) is 0 Å². The monoisotopic (exact) mass is 348 g/mol. The van der Waals surface area contributed by atoms with Crippen molar-refractivity contribution in [2.24, 2.45) is 0 Å². The van der Waals surface area contributed by atoms with Crippen LogP contribution < -0.4 is 0 Å². The minimum Gasteiger partial charge on any atom is -0.336 e. The van der Waals surface area contributed by atoms with Crippen LogP contribution in [0.3, 0.4) is 0 Å². The number of carbonyl (C=O) groups is 1. The summed E-state index contributed by atoms with van der Waals surface area (Å²) >= 11 is 8.87. The molecule has 1 aliphatic heterocycles. The second kappa shape index (κ2) is 6.68. The third-order valence-corrected chi connectivity index (χ3v) is 3.88. The van der Waals surface area contributed by atoms with Crippen LogP contribution in [-0.4, -0.2) is 54.3 Å². The molecule has 19 heavy (non-hydrogen) atoms. The van der Waals surface area contributed by atoms with E-state index in [1.54, 1.807) is 11.0 Å². The molecule has 0 unspecified atom stereocenters. The quantitative estimate of drug-likeness (QED) is 0.783. The average Bonchev–Trinajstić information content (AvgIpc) is 2.39. The van der Waals surface area contributed by atoms with Gasteiger partial charge in [0.25, 0.3) is 5.91 Å². The lowest BCUT2D eigenvalue weighted by molar-refractivity contribution is 0.0639. The Kier molecular flexibility index (Phi) is 5.19. The van der Waals surface area contributed by atoms with Crippen LogP contribution >= 0.6 is 27.5 Å². The van der Waals surface area contributed by atoms with Crippen LogP contribution in [0.1, 0.15) is 10.4 Å². The summed E-state index contributed by atoms with van der Waals surface area (Å²) < 4.78 is 14.4. The summed E-state index contributed by atoms with van der Waals surface area (Å²) in [5, 5.41) is 0. The topological polar surface area (TPSA) is 23.6 Å². The summed E-state index contributed by atoms with van der Waals surface area (Å²) in [7, 11) is 0. The molecule has 1 aliphatic rings. The van der Waals surface area contributed by atoms with E-state index in [1.807, 2.05) is 0 Å². The Hall–Kier alpha value is -0.650. The molecule has 0 aromatic heterocycles. The average molecular weight is 350 g/mol. The van der Waals surface area contributed by atoms with Gasteiger partial charge in [-0.15, -0.1) is 11.6 Å². The predicted octanol–water partition coefficient (Wildman–Crippen LogP) is 2.58. The summed E-state index contributed by atoms with van der Waals surface area (Å²) in [6.45, 7) is 3.64. The largest absolute Gasteiger partial charge is 0.336 e. The molecule has 1 aromatic rings. The van der Waals surface area contributed by atoms with Gasteiger partial charge in [-0.3, -0.25) is 9.69 Å². The van der Waals surface area contributed by atoms with Crippen molar-refractivity contribution in [1.29, 1.82) is 0 Å². The number of alkyl halides is 1. The van der Waals surface area contributed by atoms with Crippen molar-refractivity contribution in [3.05, 3.63) is 34.1 Å². The number of halogens is 3. The van der Waals surface area contributed by atoms with E-state index < -0.39 is 5.82 Å². The smallest absolute Gasteiger partial charge is 0.256 e. The minimum atomic E-state index is -0.484. The van der Waals surface area contributed by atoms with E-state index in [-0.39, 0.29) is 11.5 Å². The van der Waals surface area contributed by atoms with Crippen molar-refractivity contribution < 1.29 is 9.18 Å². The van der Waals surface area contributed by atoms with E-state index in [1.165, 1.54) is 12.1 Å². The second-order valence-corrected chi connectivity index (χ2v) is 5.74. The molecule has 1 aromatic carbocycles. The zero-order valence-electron chi connectivity index (χ0n) is 10.4. The van der Waals surface area contributed by atoms with Crippen LogP contribution in [0.4, 0.5) is 4.39 Å². The molecular weight excluding hydrogens is 335 g/mol. The molecule has 0 N–H and O–H groups in total. The first-order valence-electron chi connectivity index (χ1n) is 6.14. The zero-order chi connectivity index (χ0) is 13.8. The van der Waals surface area contributed by atoms with Gasteiger partial charge in [0, 0.05) is 43.1 Å². The van der Waals surface area contributed by atoms with Gasteiger partial charge in [-0.05, 0) is 18.2 Å². The lowest BCUT2D eigenvalue weighted by atomic mass is 10.1. The van der Waals surface area contributed by atoms with Gasteiger partial charge < -0.3 is 4.90 Å². The van der Waals surface area contributed by atoms with Crippen molar-refractivity contribution in [1.82, 2.24) is 9.80 Å². The summed E-state index contributed by atoms with van der Waals surface area (Å²) in [5.74, 6) is -0.131. The molecule has 0 spiro atoms. The highest BCUT2D eigenvalue weighted by atomic mass is 79.9. The fourth-order valence-electron chi connectivity index (χ4n) is 2.13. The van der Waals surface area contributed by atoms with Crippen LogP contribution in [-0.2, 0) is 0 Å². The molecule has 0 bridgehead atoms. The van der Waals surface area contributed by atoms with Crippen LogP contribution in [0.2, 0.25) is 0 Å². The molecular formula is C13H15BrClFN2O. The molecule has 1 amide bonds. The number of rotatable bonds is 3. The molecule has 3 nitrogen and oxygen atoms in total. The molecule has 0 aliphatic carbocycles. The highest BCUT2D eigenvalue weighted by Gasteiger charge is 2.23. The van der Waals surface area contributed by atoms with E-state index in [0.29, 0.717) is 23.4 Å². The molecule has 1 saturated heterocycles. The number of carbonyl (C=O) groups excluding carboxylic acids is 1. The number of amides is 1. The molecule has 1 heterocycles. The van der Waals surface area contributed by atoms with Gasteiger partial charge >= 0.3 is 0 Å². The number of hydrogen-bond acceptors (Lipinski definition) is 2. The van der Waals surface area contributed by atoms with Crippen molar-refractivity contribution >= 4 is 33.4 Å². The van der Waals surface area contributed by atoms with Gasteiger partial charge in [0.05, 0.1) is 5.56 Å². The molecule has 2 rings (SSSR count). The van der Waals surface area contributed by atoms with Crippen LogP contribution in [0.25, 0.3) is 0 Å². The van der Waals surface area contributed by atoms with Crippen LogP contribution in [0.5, 0.6) is 0 Å². The van der Waals surface area contributed by atoms with Crippen molar-refractivity contribution in [2.45, 2.75) is 0 Å². The van der Waals surface area contributed by atoms with E-state index in [4.69, 9.17) is 11.6 Å². The minimum absolute atomic E-state index is 0.133. The molecule has 1 fully saturated rings. The van der Waals surface area contributed by atoms with Crippen molar-refractivity contribution in [3.63, 3.8) is 0 Å². The number of benzene rings is 1. The van der Waals surface area contributed by atoms with Crippen molar-refractivity contribution in [2.75, 3.05) is 38.6 Å². The first kappa shape index (κ1) is 14.8. The summed E-state index contributed by atoms with van der Waals surface area (Å²) in [6, 6.07) is 4.52. The molecule has 0 radical (unpaired) electrons.